The molecule has 0 spiro atoms. The van der Waals surface area contributed by atoms with E-state index in [9.17, 15) is 14.7 Å². The first-order valence-corrected chi connectivity index (χ1v) is 16.6. The molecule has 50 heavy (non-hydrogen) atoms. The van der Waals surface area contributed by atoms with Crippen LogP contribution in [0.5, 0.6) is 11.5 Å². The number of methoxy groups -OCH3 is 2. The predicted octanol–water partition coefficient (Wildman–Crippen LogP) is 4.27. The number of rotatable bonds is 15. The molecule has 5 aromatic rings. The van der Waals surface area contributed by atoms with Crippen molar-refractivity contribution in [1.29, 1.82) is 0 Å². The van der Waals surface area contributed by atoms with Gasteiger partial charge in [-0.3, -0.25) is 14.3 Å². The summed E-state index contributed by atoms with van der Waals surface area (Å²) in [6.07, 6.45) is 3.39. The monoisotopic (exact) mass is 682 g/mol. The highest BCUT2D eigenvalue weighted by Crippen LogP contribution is 2.44. The van der Waals surface area contributed by atoms with Gasteiger partial charge in [0, 0.05) is 37.8 Å². The maximum Gasteiger partial charge on any atom is 0.330 e. The molecule has 3 heterocycles. The van der Waals surface area contributed by atoms with Crippen LogP contribution >= 0.6 is 0 Å². The molecule has 0 aliphatic carbocycles. The summed E-state index contributed by atoms with van der Waals surface area (Å²) >= 11 is 0. The van der Waals surface area contributed by atoms with Crippen molar-refractivity contribution < 1.29 is 28.8 Å². The van der Waals surface area contributed by atoms with Gasteiger partial charge in [-0.25, -0.2) is 9.78 Å². The van der Waals surface area contributed by atoms with Crippen molar-refractivity contribution in [2.75, 3.05) is 20.8 Å². The van der Waals surface area contributed by atoms with Crippen LogP contribution in [0.2, 0.25) is 0 Å². The summed E-state index contributed by atoms with van der Waals surface area (Å²) in [6.45, 7) is 2.91. The summed E-state index contributed by atoms with van der Waals surface area (Å²) in [5, 5.41) is 11.9. The number of unbranched alkanes of at least 4 members (excludes halogenated alkanes) is 1. The van der Waals surface area contributed by atoms with E-state index in [-0.39, 0.29) is 0 Å². The van der Waals surface area contributed by atoms with Crippen molar-refractivity contribution in [2.24, 2.45) is 0 Å². The van der Waals surface area contributed by atoms with Gasteiger partial charge in [-0.05, 0) is 60.7 Å². The smallest absolute Gasteiger partial charge is 0.330 e. The number of aliphatic hydroxyl groups is 1. The Morgan fingerprint density at radius 1 is 0.880 bits per heavy atom. The second-order valence-corrected chi connectivity index (χ2v) is 12.2. The molecule has 6 rings (SSSR count). The molecule has 0 bridgehead atoms. The molecule has 1 unspecified atom stereocenters. The molecular weight excluding hydrogens is 640 g/mol. The Kier molecular flexibility index (Phi) is 10.9. The Morgan fingerprint density at radius 2 is 1.52 bits per heavy atom. The summed E-state index contributed by atoms with van der Waals surface area (Å²) in [5.74, 6) is 1.37. The Morgan fingerprint density at radius 3 is 2.10 bits per heavy atom. The van der Waals surface area contributed by atoms with Gasteiger partial charge in [0.2, 0.25) is 0 Å². The first-order chi connectivity index (χ1) is 24.3. The first kappa shape index (κ1) is 34.8. The van der Waals surface area contributed by atoms with Gasteiger partial charge in [0.05, 0.1) is 26.7 Å². The summed E-state index contributed by atoms with van der Waals surface area (Å²) in [4.78, 5) is 31.3. The second kappa shape index (κ2) is 15.7. The Bertz CT molecular complexity index is 1860. The van der Waals surface area contributed by atoms with Crippen LogP contribution in [0.4, 0.5) is 0 Å². The molecule has 12 nitrogen and oxygen atoms in total. The van der Waals surface area contributed by atoms with E-state index in [2.05, 4.69) is 9.97 Å². The molecule has 2 aromatic heterocycles. The molecule has 5 atom stereocenters. The van der Waals surface area contributed by atoms with E-state index in [0.29, 0.717) is 24.5 Å². The van der Waals surface area contributed by atoms with Gasteiger partial charge < -0.3 is 33.4 Å². The third-order valence-corrected chi connectivity index (χ3v) is 9.06. The largest absolute Gasteiger partial charge is 0.497 e. The molecule has 1 aliphatic rings. The lowest BCUT2D eigenvalue weighted by atomic mass is 9.79. The van der Waals surface area contributed by atoms with E-state index in [1.54, 1.807) is 26.7 Å². The van der Waals surface area contributed by atoms with E-state index in [0.717, 1.165) is 29.7 Å². The summed E-state index contributed by atoms with van der Waals surface area (Å²) in [5.41, 5.74) is 0.0724. The van der Waals surface area contributed by atoms with Crippen LogP contribution in [0.1, 0.15) is 42.7 Å². The summed E-state index contributed by atoms with van der Waals surface area (Å²) < 4.78 is 34.1. The van der Waals surface area contributed by atoms with Gasteiger partial charge in [-0.15, -0.1) is 0 Å². The van der Waals surface area contributed by atoms with Crippen LogP contribution in [0.15, 0.2) is 119 Å². The number of benzene rings is 3. The van der Waals surface area contributed by atoms with Crippen LogP contribution in [0, 0.1) is 0 Å². The maximum atomic E-state index is 13.0. The number of nitrogens with one attached hydrogen (secondary N) is 1. The number of aliphatic hydroxyl groups excluding tert-OH is 1. The van der Waals surface area contributed by atoms with E-state index in [1.807, 2.05) is 96.6 Å². The minimum atomic E-state index is -1.19. The highest BCUT2D eigenvalue weighted by Gasteiger charge is 2.51. The highest BCUT2D eigenvalue weighted by atomic mass is 16.6. The fourth-order valence-electron chi connectivity index (χ4n) is 6.50. The molecule has 2 N–H and O–H groups in total. The zero-order valence-electron chi connectivity index (χ0n) is 28.3. The molecule has 3 aromatic carbocycles. The van der Waals surface area contributed by atoms with Crippen molar-refractivity contribution >= 4 is 0 Å². The van der Waals surface area contributed by atoms with Crippen LogP contribution < -0.4 is 20.7 Å². The van der Waals surface area contributed by atoms with Crippen LogP contribution in [0.25, 0.3) is 0 Å². The van der Waals surface area contributed by atoms with Gasteiger partial charge in [-0.1, -0.05) is 54.6 Å². The Balaban J connectivity index is 1.35. The van der Waals surface area contributed by atoms with Gasteiger partial charge in [0.15, 0.2) is 6.23 Å². The van der Waals surface area contributed by atoms with E-state index in [4.69, 9.17) is 23.7 Å². The molecular formula is C38H42N4O8. The number of aromatic amines is 1. The summed E-state index contributed by atoms with van der Waals surface area (Å²) in [7, 11) is 3.23. The van der Waals surface area contributed by atoms with E-state index < -0.39 is 47.5 Å². The summed E-state index contributed by atoms with van der Waals surface area (Å²) in [6, 6.07) is 26.4. The molecule has 1 aliphatic heterocycles. The third-order valence-electron chi connectivity index (χ3n) is 9.06. The lowest BCUT2D eigenvalue weighted by Crippen LogP contribution is -2.45. The number of imidazole rings is 1. The lowest BCUT2D eigenvalue weighted by Gasteiger charge is -2.40. The molecule has 0 amide bonds. The normalized spacial score (nSPS) is 19.7. The maximum absolute atomic E-state index is 13.0. The van der Waals surface area contributed by atoms with Gasteiger partial charge >= 0.3 is 5.69 Å². The number of ether oxygens (including phenoxy) is 5. The van der Waals surface area contributed by atoms with E-state index >= 15 is 0 Å². The number of hydrogen-bond acceptors (Lipinski definition) is 9. The molecule has 0 saturated carbocycles. The topological polar surface area (TPSA) is 139 Å². The number of hydrogen-bond donors (Lipinski definition) is 2. The highest BCUT2D eigenvalue weighted by molar-refractivity contribution is 5.49. The fraction of sp³-hybridized carbons (Fsp3) is 0.342. The van der Waals surface area contributed by atoms with Gasteiger partial charge in [0.25, 0.3) is 5.56 Å². The predicted molar refractivity (Wildman–Crippen MR) is 185 cm³/mol. The van der Waals surface area contributed by atoms with Crippen molar-refractivity contribution in [3.05, 3.63) is 147 Å². The van der Waals surface area contributed by atoms with Crippen LogP contribution in [-0.2, 0) is 26.4 Å². The molecule has 1 saturated heterocycles. The molecule has 12 heteroatoms. The SMILES string of the molecule is COc1ccc(C(OC(C)[C@H]2O[C@@H](n3ccc(=O)[nH]c3=O)[C@H](OCCCCn3ccnc3)[C@@H]2O)(c2ccccc2)c2ccc(OC)cc2)cc1. The third kappa shape index (κ3) is 7.29. The minimum Gasteiger partial charge on any atom is -0.497 e. The quantitative estimate of drug-likeness (QED) is 0.122. The minimum absolute atomic E-state index is 0.308. The van der Waals surface area contributed by atoms with E-state index in [1.165, 1.54) is 16.8 Å². The van der Waals surface area contributed by atoms with Crippen molar-refractivity contribution in [2.45, 2.75) is 62.6 Å². The average molecular weight is 683 g/mol. The van der Waals surface area contributed by atoms with Crippen molar-refractivity contribution in [3.8, 4) is 11.5 Å². The number of aromatic nitrogens is 4. The van der Waals surface area contributed by atoms with Gasteiger partial charge in [0.1, 0.15) is 35.4 Å². The number of aryl methyl sites for hydroxylation is 1. The fourth-order valence-corrected chi connectivity index (χ4v) is 6.50. The van der Waals surface area contributed by atoms with Crippen molar-refractivity contribution in [1.82, 2.24) is 19.1 Å². The molecule has 1 fully saturated rings. The van der Waals surface area contributed by atoms with Crippen LogP contribution in [0.3, 0.4) is 0 Å². The Hall–Kier alpha value is -5.01. The second-order valence-electron chi connectivity index (χ2n) is 12.2. The van der Waals surface area contributed by atoms with Crippen LogP contribution in [-0.4, -0.2) is 69.5 Å². The zero-order valence-corrected chi connectivity index (χ0v) is 28.3. The standard InChI is InChI=1S/C38H42N4O8/c1-26(34-33(44)35(48-24-8-7-21-41-23-20-39-25-41)36(49-34)42-22-19-32(43)40-37(42)45)50-38(27-9-5-4-6-10-27,28-11-15-30(46-2)16-12-28)29-13-17-31(47-3)18-14-29/h4-6,9-20,22-23,25-26,33-36,44H,7-8,21,24H2,1-3H3,(H,40,43,45)/t26?,33-,34-,35-,36-/m1/s1. The molecule has 0 radical (unpaired) electrons. The Labute approximate surface area is 289 Å². The first-order valence-electron chi connectivity index (χ1n) is 16.6. The number of nitrogens with zero attached hydrogens (tertiary/aromatic N) is 3. The molecule has 262 valence electrons. The van der Waals surface area contributed by atoms with Gasteiger partial charge in [-0.2, -0.15) is 0 Å². The lowest BCUT2D eigenvalue weighted by molar-refractivity contribution is -0.138. The van der Waals surface area contributed by atoms with Crippen molar-refractivity contribution in [3.63, 3.8) is 0 Å². The zero-order chi connectivity index (χ0) is 35.1. The average Bonchev–Trinajstić information content (AvgIpc) is 3.78. The number of H-pyrrole nitrogens is 1.